The van der Waals surface area contributed by atoms with Gasteiger partial charge >= 0.3 is 5.97 Å². The molecule has 1 amide bonds. The lowest BCUT2D eigenvalue weighted by Crippen LogP contribution is -2.12. The zero-order valence-corrected chi connectivity index (χ0v) is 11.8. The molecule has 0 bridgehead atoms. The third-order valence-corrected chi connectivity index (χ3v) is 4.75. The highest BCUT2D eigenvalue weighted by molar-refractivity contribution is 7.14. The van der Waals surface area contributed by atoms with Crippen LogP contribution in [-0.2, 0) is 12.8 Å². The minimum atomic E-state index is -1.05. The standard InChI is InChI=1S/C14H14N2O3S/c1-7-12(14(18)19)9(6-15-7)16-13(17)11-5-8-3-2-4-10(8)20-11/h5-6,15H,2-4H2,1H3,(H,16,17)(H,18,19). The van der Waals surface area contributed by atoms with E-state index < -0.39 is 5.97 Å². The number of aromatic carboxylic acids is 1. The van der Waals surface area contributed by atoms with Gasteiger partial charge in [-0.2, -0.15) is 0 Å². The lowest BCUT2D eigenvalue weighted by molar-refractivity contribution is 0.0697. The highest BCUT2D eigenvalue weighted by Crippen LogP contribution is 2.31. The van der Waals surface area contributed by atoms with Crippen molar-refractivity contribution in [3.8, 4) is 0 Å². The van der Waals surface area contributed by atoms with Crippen molar-refractivity contribution in [2.45, 2.75) is 26.2 Å². The number of carboxylic acids is 1. The molecule has 2 heterocycles. The Morgan fingerprint density at radius 3 is 2.90 bits per heavy atom. The second-order valence-electron chi connectivity index (χ2n) is 4.87. The predicted octanol–water partition coefficient (Wildman–Crippen LogP) is 2.82. The Labute approximate surface area is 119 Å². The van der Waals surface area contributed by atoms with Crippen LogP contribution >= 0.6 is 11.3 Å². The van der Waals surface area contributed by atoms with Gasteiger partial charge in [0.15, 0.2) is 0 Å². The van der Waals surface area contributed by atoms with Gasteiger partial charge in [0, 0.05) is 16.8 Å². The van der Waals surface area contributed by atoms with Crippen LogP contribution < -0.4 is 5.32 Å². The number of aromatic nitrogens is 1. The smallest absolute Gasteiger partial charge is 0.339 e. The molecule has 6 heteroatoms. The maximum atomic E-state index is 12.2. The number of thiophene rings is 1. The van der Waals surface area contributed by atoms with Crippen molar-refractivity contribution < 1.29 is 14.7 Å². The fourth-order valence-corrected chi connectivity index (χ4v) is 3.67. The van der Waals surface area contributed by atoms with E-state index in [-0.39, 0.29) is 11.5 Å². The third kappa shape index (κ3) is 2.12. The number of rotatable bonds is 3. The molecule has 0 aliphatic heterocycles. The first kappa shape index (κ1) is 12.9. The number of anilines is 1. The molecule has 0 saturated carbocycles. The first-order chi connectivity index (χ1) is 9.56. The number of aromatic amines is 1. The number of hydrogen-bond acceptors (Lipinski definition) is 3. The molecular formula is C14H14N2O3S. The van der Waals surface area contributed by atoms with Crippen molar-refractivity contribution in [1.82, 2.24) is 4.98 Å². The molecular weight excluding hydrogens is 276 g/mol. The van der Waals surface area contributed by atoms with Gasteiger partial charge in [0.1, 0.15) is 5.56 Å². The Bertz CT molecular complexity index is 678. The van der Waals surface area contributed by atoms with E-state index in [0.29, 0.717) is 16.3 Å². The lowest BCUT2D eigenvalue weighted by atomic mass is 10.2. The van der Waals surface area contributed by atoms with Crippen molar-refractivity contribution in [2.75, 3.05) is 5.32 Å². The molecule has 0 fully saturated rings. The predicted molar refractivity (Wildman–Crippen MR) is 76.8 cm³/mol. The summed E-state index contributed by atoms with van der Waals surface area (Å²) >= 11 is 1.50. The number of carbonyl (C=O) groups is 2. The van der Waals surface area contributed by atoms with E-state index in [0.717, 1.165) is 19.3 Å². The number of nitrogens with one attached hydrogen (secondary N) is 2. The van der Waals surface area contributed by atoms with E-state index in [1.54, 1.807) is 6.92 Å². The first-order valence-electron chi connectivity index (χ1n) is 6.40. The van der Waals surface area contributed by atoms with Gasteiger partial charge < -0.3 is 15.4 Å². The van der Waals surface area contributed by atoms with Crippen molar-refractivity contribution >= 4 is 28.9 Å². The van der Waals surface area contributed by atoms with Crippen LogP contribution in [0.2, 0.25) is 0 Å². The average Bonchev–Trinajstić information content (AvgIpc) is 3.02. The Morgan fingerprint density at radius 1 is 1.40 bits per heavy atom. The zero-order chi connectivity index (χ0) is 14.3. The maximum absolute atomic E-state index is 12.2. The monoisotopic (exact) mass is 290 g/mol. The van der Waals surface area contributed by atoms with E-state index in [1.165, 1.54) is 28.0 Å². The van der Waals surface area contributed by atoms with Gasteiger partial charge in [0.25, 0.3) is 5.91 Å². The van der Waals surface area contributed by atoms with E-state index >= 15 is 0 Å². The molecule has 0 atom stereocenters. The average molecular weight is 290 g/mol. The molecule has 3 rings (SSSR count). The highest BCUT2D eigenvalue weighted by Gasteiger charge is 2.21. The molecule has 2 aromatic rings. The van der Waals surface area contributed by atoms with Crippen LogP contribution in [0.4, 0.5) is 5.69 Å². The second kappa shape index (κ2) is 4.79. The lowest BCUT2D eigenvalue weighted by Gasteiger charge is -2.03. The van der Waals surface area contributed by atoms with Gasteiger partial charge in [-0.15, -0.1) is 11.3 Å². The molecule has 0 spiro atoms. The fourth-order valence-electron chi connectivity index (χ4n) is 2.53. The van der Waals surface area contributed by atoms with Crippen molar-refractivity contribution in [3.63, 3.8) is 0 Å². The largest absolute Gasteiger partial charge is 0.478 e. The van der Waals surface area contributed by atoms with Crippen LogP contribution in [0.1, 0.15) is 42.6 Å². The van der Waals surface area contributed by atoms with Gasteiger partial charge in [-0.05, 0) is 37.8 Å². The summed E-state index contributed by atoms with van der Waals surface area (Å²) in [6.07, 6.45) is 4.74. The van der Waals surface area contributed by atoms with Crippen LogP contribution in [0, 0.1) is 6.92 Å². The number of aryl methyl sites for hydroxylation is 3. The fraction of sp³-hybridized carbons (Fsp3) is 0.286. The van der Waals surface area contributed by atoms with Crippen molar-refractivity contribution in [3.05, 3.63) is 38.8 Å². The SMILES string of the molecule is Cc1[nH]cc(NC(=O)c2cc3c(s2)CCC3)c1C(=O)O. The number of H-pyrrole nitrogens is 1. The molecule has 3 N–H and O–H groups in total. The summed E-state index contributed by atoms with van der Waals surface area (Å²) in [4.78, 5) is 28.1. The summed E-state index contributed by atoms with van der Waals surface area (Å²) in [6.45, 7) is 1.67. The summed E-state index contributed by atoms with van der Waals surface area (Å²) < 4.78 is 0. The summed E-state index contributed by atoms with van der Waals surface area (Å²) in [5.74, 6) is -1.29. The van der Waals surface area contributed by atoms with E-state index in [4.69, 9.17) is 5.11 Å². The van der Waals surface area contributed by atoms with Crippen LogP contribution in [0.5, 0.6) is 0 Å². The molecule has 1 aliphatic carbocycles. The quantitative estimate of drug-likeness (QED) is 0.813. The Morgan fingerprint density at radius 2 is 2.20 bits per heavy atom. The summed E-state index contributed by atoms with van der Waals surface area (Å²) in [5.41, 5.74) is 2.21. The molecule has 104 valence electrons. The molecule has 0 saturated heterocycles. The Kier molecular flexibility index (Phi) is 3.10. The highest BCUT2D eigenvalue weighted by atomic mass is 32.1. The molecule has 1 aliphatic rings. The molecule has 20 heavy (non-hydrogen) atoms. The number of carboxylic acid groups (broad SMARTS) is 1. The molecule has 0 aromatic carbocycles. The topological polar surface area (TPSA) is 82.2 Å². The van der Waals surface area contributed by atoms with Crippen molar-refractivity contribution in [1.29, 1.82) is 0 Å². The normalized spacial score (nSPS) is 13.2. The summed E-state index contributed by atoms with van der Waals surface area (Å²) in [6, 6.07) is 1.92. The van der Waals surface area contributed by atoms with E-state index in [9.17, 15) is 9.59 Å². The zero-order valence-electron chi connectivity index (χ0n) is 10.9. The van der Waals surface area contributed by atoms with Gasteiger partial charge in [-0.1, -0.05) is 0 Å². The van der Waals surface area contributed by atoms with Crippen LogP contribution in [-0.4, -0.2) is 22.0 Å². The van der Waals surface area contributed by atoms with Crippen LogP contribution in [0.25, 0.3) is 0 Å². The molecule has 0 unspecified atom stereocenters. The Hall–Kier alpha value is -2.08. The van der Waals surface area contributed by atoms with Gasteiger partial charge in [0.2, 0.25) is 0 Å². The van der Waals surface area contributed by atoms with Gasteiger partial charge in [-0.3, -0.25) is 4.79 Å². The third-order valence-electron chi connectivity index (χ3n) is 3.51. The Balaban J connectivity index is 1.84. The molecule has 2 aromatic heterocycles. The number of hydrogen-bond donors (Lipinski definition) is 3. The minimum Gasteiger partial charge on any atom is -0.478 e. The van der Waals surface area contributed by atoms with E-state index in [1.807, 2.05) is 6.07 Å². The number of fused-ring (bicyclic) bond motifs is 1. The maximum Gasteiger partial charge on any atom is 0.339 e. The van der Waals surface area contributed by atoms with Crippen LogP contribution in [0.3, 0.4) is 0 Å². The molecule has 5 nitrogen and oxygen atoms in total. The second-order valence-corrected chi connectivity index (χ2v) is 6.01. The summed E-state index contributed by atoms with van der Waals surface area (Å²) in [5, 5.41) is 11.8. The van der Waals surface area contributed by atoms with Gasteiger partial charge in [0.05, 0.1) is 10.6 Å². The van der Waals surface area contributed by atoms with E-state index in [2.05, 4.69) is 10.3 Å². The van der Waals surface area contributed by atoms with Crippen molar-refractivity contribution in [2.24, 2.45) is 0 Å². The number of amides is 1. The minimum absolute atomic E-state index is 0.113. The van der Waals surface area contributed by atoms with Crippen LogP contribution in [0.15, 0.2) is 12.3 Å². The first-order valence-corrected chi connectivity index (χ1v) is 7.22. The number of carbonyl (C=O) groups excluding carboxylic acids is 1. The summed E-state index contributed by atoms with van der Waals surface area (Å²) in [7, 11) is 0. The van der Waals surface area contributed by atoms with Gasteiger partial charge in [-0.25, -0.2) is 4.79 Å². The molecule has 0 radical (unpaired) electrons.